The summed E-state index contributed by atoms with van der Waals surface area (Å²) in [5.74, 6) is -1.91. The normalized spacial score (nSPS) is 19.8. The van der Waals surface area contributed by atoms with Crippen LogP contribution >= 0.6 is 0 Å². The first-order chi connectivity index (χ1) is 9.58. The molecule has 2 atom stereocenters. The number of carbonyl (C=O) groups is 3. The minimum atomic E-state index is -1.11. The second kappa shape index (κ2) is 6.18. The molecule has 1 heterocycles. The van der Waals surface area contributed by atoms with E-state index in [1.54, 1.807) is 30.3 Å². The fraction of sp³-hybridized carbons (Fsp3) is 0.357. The number of hydrogen-bond donors (Lipinski definition) is 3. The summed E-state index contributed by atoms with van der Waals surface area (Å²) in [6.45, 7) is 0.256. The summed E-state index contributed by atoms with van der Waals surface area (Å²) in [4.78, 5) is 34.4. The van der Waals surface area contributed by atoms with Crippen molar-refractivity contribution in [2.75, 3.05) is 6.54 Å². The molecule has 0 bridgehead atoms. The molecule has 0 saturated carbocycles. The Morgan fingerprint density at radius 2 is 2.00 bits per heavy atom. The summed E-state index contributed by atoms with van der Waals surface area (Å²) < 4.78 is 0. The molecule has 6 nitrogen and oxygen atoms in total. The van der Waals surface area contributed by atoms with Crippen molar-refractivity contribution in [2.24, 2.45) is 5.92 Å². The first-order valence-corrected chi connectivity index (χ1v) is 6.42. The molecule has 0 unspecified atom stereocenters. The van der Waals surface area contributed by atoms with E-state index in [-0.39, 0.29) is 24.3 Å². The van der Waals surface area contributed by atoms with Crippen molar-refractivity contribution >= 4 is 17.8 Å². The van der Waals surface area contributed by atoms with Crippen LogP contribution in [0.1, 0.15) is 24.4 Å². The van der Waals surface area contributed by atoms with Gasteiger partial charge < -0.3 is 15.7 Å². The zero-order chi connectivity index (χ0) is 14.5. The van der Waals surface area contributed by atoms with Gasteiger partial charge in [-0.15, -0.1) is 0 Å². The second-order valence-corrected chi connectivity index (χ2v) is 4.73. The van der Waals surface area contributed by atoms with Gasteiger partial charge in [-0.2, -0.15) is 0 Å². The maximum Gasteiger partial charge on any atom is 0.330 e. The van der Waals surface area contributed by atoms with Gasteiger partial charge in [-0.3, -0.25) is 9.59 Å². The lowest BCUT2D eigenvalue weighted by Crippen LogP contribution is -2.45. The van der Waals surface area contributed by atoms with Crippen LogP contribution in [0.15, 0.2) is 30.3 Å². The molecule has 3 N–H and O–H groups in total. The van der Waals surface area contributed by atoms with Gasteiger partial charge in [0.1, 0.15) is 0 Å². The standard InChI is InChI=1S/C14H16N2O4/c17-11-7-6-10(8-15-11)13(18)16-12(14(19)20)9-4-2-1-3-5-9/h1-5,10,12H,6-8H2,(H,15,17)(H,16,18)(H,19,20)/t10-,12-/m1/s1. The minimum Gasteiger partial charge on any atom is -0.479 e. The fourth-order valence-electron chi connectivity index (χ4n) is 2.15. The van der Waals surface area contributed by atoms with Gasteiger partial charge >= 0.3 is 5.97 Å². The minimum absolute atomic E-state index is 0.0770. The maximum absolute atomic E-state index is 12.1. The van der Waals surface area contributed by atoms with Crippen molar-refractivity contribution in [1.29, 1.82) is 0 Å². The van der Waals surface area contributed by atoms with Gasteiger partial charge in [0.05, 0.1) is 5.92 Å². The summed E-state index contributed by atoms with van der Waals surface area (Å²) in [5.41, 5.74) is 0.521. The highest BCUT2D eigenvalue weighted by atomic mass is 16.4. The van der Waals surface area contributed by atoms with E-state index in [2.05, 4.69) is 10.6 Å². The maximum atomic E-state index is 12.1. The van der Waals surface area contributed by atoms with Crippen LogP contribution in [0, 0.1) is 5.92 Å². The SMILES string of the molecule is O=C1CC[C@@H](C(=O)N[C@@H](C(=O)O)c2ccccc2)CN1. The third-order valence-corrected chi connectivity index (χ3v) is 3.30. The Labute approximate surface area is 116 Å². The molecule has 0 aliphatic carbocycles. The number of benzene rings is 1. The molecule has 106 valence electrons. The topological polar surface area (TPSA) is 95.5 Å². The van der Waals surface area contributed by atoms with Gasteiger partial charge in [0.25, 0.3) is 0 Å². The van der Waals surface area contributed by atoms with Crippen LogP contribution in [0.2, 0.25) is 0 Å². The monoisotopic (exact) mass is 276 g/mol. The number of carboxylic acid groups (broad SMARTS) is 1. The first kappa shape index (κ1) is 14.0. The summed E-state index contributed by atoms with van der Waals surface area (Å²) in [5, 5.41) is 14.4. The van der Waals surface area contributed by atoms with E-state index in [1.807, 2.05) is 0 Å². The molecule has 0 spiro atoms. The lowest BCUT2D eigenvalue weighted by atomic mass is 9.97. The van der Waals surface area contributed by atoms with Crippen molar-refractivity contribution in [3.05, 3.63) is 35.9 Å². The number of rotatable bonds is 4. The average Bonchev–Trinajstić information content (AvgIpc) is 2.46. The lowest BCUT2D eigenvalue weighted by molar-refractivity contribution is -0.143. The summed E-state index contributed by atoms with van der Waals surface area (Å²) in [6.07, 6.45) is 0.736. The van der Waals surface area contributed by atoms with Crippen molar-refractivity contribution < 1.29 is 19.5 Å². The summed E-state index contributed by atoms with van der Waals surface area (Å²) in [6, 6.07) is 7.46. The van der Waals surface area contributed by atoms with Crippen LogP contribution in [0.5, 0.6) is 0 Å². The molecule has 1 saturated heterocycles. The Bertz CT molecular complexity index is 505. The van der Waals surface area contributed by atoms with E-state index < -0.39 is 12.0 Å². The highest BCUT2D eigenvalue weighted by Gasteiger charge is 2.28. The van der Waals surface area contributed by atoms with Crippen molar-refractivity contribution in [2.45, 2.75) is 18.9 Å². The number of aliphatic carboxylic acids is 1. The Kier molecular flexibility index (Phi) is 4.34. The van der Waals surface area contributed by atoms with E-state index in [1.165, 1.54) is 0 Å². The summed E-state index contributed by atoms with van der Waals surface area (Å²) in [7, 11) is 0. The van der Waals surface area contributed by atoms with Crippen molar-refractivity contribution in [1.82, 2.24) is 10.6 Å². The van der Waals surface area contributed by atoms with E-state index >= 15 is 0 Å². The lowest BCUT2D eigenvalue weighted by Gasteiger charge is -2.23. The molecule has 1 aromatic rings. The predicted molar refractivity (Wildman–Crippen MR) is 70.7 cm³/mol. The first-order valence-electron chi connectivity index (χ1n) is 6.42. The Morgan fingerprint density at radius 3 is 2.55 bits per heavy atom. The highest BCUT2D eigenvalue weighted by Crippen LogP contribution is 2.16. The smallest absolute Gasteiger partial charge is 0.330 e. The van der Waals surface area contributed by atoms with Crippen LogP contribution in [-0.2, 0) is 14.4 Å². The molecular weight excluding hydrogens is 260 g/mol. The summed E-state index contributed by atoms with van der Waals surface area (Å²) >= 11 is 0. The molecule has 0 radical (unpaired) electrons. The second-order valence-electron chi connectivity index (χ2n) is 4.73. The zero-order valence-corrected chi connectivity index (χ0v) is 10.8. The number of amides is 2. The number of carboxylic acids is 1. The van der Waals surface area contributed by atoms with E-state index in [0.29, 0.717) is 18.4 Å². The average molecular weight is 276 g/mol. The Balaban J connectivity index is 2.03. The number of nitrogens with one attached hydrogen (secondary N) is 2. The van der Waals surface area contributed by atoms with Crippen LogP contribution in [0.4, 0.5) is 0 Å². The van der Waals surface area contributed by atoms with Crippen molar-refractivity contribution in [3.63, 3.8) is 0 Å². The van der Waals surface area contributed by atoms with Gasteiger partial charge in [-0.25, -0.2) is 4.79 Å². The van der Waals surface area contributed by atoms with Crippen LogP contribution in [0.25, 0.3) is 0 Å². The van der Waals surface area contributed by atoms with Crippen LogP contribution in [0.3, 0.4) is 0 Å². The Morgan fingerprint density at radius 1 is 1.30 bits per heavy atom. The van der Waals surface area contributed by atoms with Gasteiger partial charge in [-0.1, -0.05) is 30.3 Å². The molecule has 1 aliphatic rings. The van der Waals surface area contributed by atoms with Crippen LogP contribution in [-0.4, -0.2) is 29.4 Å². The predicted octanol–water partition coefficient (Wildman–Crippen LogP) is 0.455. The Hall–Kier alpha value is -2.37. The zero-order valence-electron chi connectivity index (χ0n) is 10.8. The number of piperidine rings is 1. The molecule has 2 amide bonds. The molecule has 1 aromatic carbocycles. The van der Waals surface area contributed by atoms with Gasteiger partial charge in [0.15, 0.2) is 6.04 Å². The van der Waals surface area contributed by atoms with Gasteiger partial charge in [-0.05, 0) is 12.0 Å². The quantitative estimate of drug-likeness (QED) is 0.744. The molecule has 2 rings (SSSR count). The molecular formula is C14H16N2O4. The van der Waals surface area contributed by atoms with E-state index in [0.717, 1.165) is 0 Å². The van der Waals surface area contributed by atoms with Gasteiger partial charge in [0.2, 0.25) is 11.8 Å². The highest BCUT2D eigenvalue weighted by molar-refractivity contribution is 5.87. The fourth-order valence-corrected chi connectivity index (χ4v) is 2.15. The number of carbonyl (C=O) groups excluding carboxylic acids is 2. The van der Waals surface area contributed by atoms with Gasteiger partial charge in [0, 0.05) is 13.0 Å². The molecule has 20 heavy (non-hydrogen) atoms. The van der Waals surface area contributed by atoms with E-state index in [4.69, 9.17) is 0 Å². The molecule has 6 heteroatoms. The van der Waals surface area contributed by atoms with Crippen molar-refractivity contribution in [3.8, 4) is 0 Å². The number of hydrogen-bond acceptors (Lipinski definition) is 3. The largest absolute Gasteiger partial charge is 0.479 e. The molecule has 0 aromatic heterocycles. The third-order valence-electron chi connectivity index (χ3n) is 3.30. The van der Waals surface area contributed by atoms with E-state index in [9.17, 15) is 19.5 Å². The van der Waals surface area contributed by atoms with Crippen LogP contribution < -0.4 is 10.6 Å². The molecule has 1 fully saturated rings. The third kappa shape index (κ3) is 3.34. The molecule has 1 aliphatic heterocycles.